The maximum atomic E-state index is 14.0. The van der Waals surface area contributed by atoms with Crippen LogP contribution in [0, 0.1) is 23.2 Å². The minimum atomic E-state index is -5.85. The van der Waals surface area contributed by atoms with E-state index in [1.165, 1.54) is 5.57 Å². The largest absolute Gasteiger partial charge is 0.429 e. The molecule has 35 heavy (non-hydrogen) atoms. The summed E-state index contributed by atoms with van der Waals surface area (Å²) in [6.45, 7) is 7.93. The van der Waals surface area contributed by atoms with Crippen molar-refractivity contribution in [3.63, 3.8) is 0 Å². The highest BCUT2D eigenvalue weighted by molar-refractivity contribution is 5.38. The van der Waals surface area contributed by atoms with E-state index in [-0.39, 0.29) is 35.7 Å². The van der Waals surface area contributed by atoms with Gasteiger partial charge in [-0.15, -0.1) is 0 Å². The molecule has 0 spiro atoms. The summed E-state index contributed by atoms with van der Waals surface area (Å²) < 4.78 is 91.7. The molecular formula is C27H35F7O. The molecule has 1 unspecified atom stereocenters. The van der Waals surface area contributed by atoms with Crippen LogP contribution in [0.5, 0.6) is 0 Å². The van der Waals surface area contributed by atoms with Gasteiger partial charge in [-0.25, -0.2) is 4.39 Å². The van der Waals surface area contributed by atoms with Gasteiger partial charge in [0.15, 0.2) is 0 Å². The molecule has 0 aliphatic heterocycles. The minimum Gasteiger partial charge on any atom is -0.370 e. The molecule has 3 saturated carbocycles. The van der Waals surface area contributed by atoms with Crippen molar-refractivity contribution in [3.05, 3.63) is 47.6 Å². The first-order valence-electron chi connectivity index (χ1n) is 12.4. The van der Waals surface area contributed by atoms with E-state index in [1.54, 1.807) is 0 Å². The smallest absolute Gasteiger partial charge is 0.370 e. The molecule has 3 aliphatic rings. The van der Waals surface area contributed by atoms with Gasteiger partial charge < -0.3 is 5.11 Å². The summed E-state index contributed by atoms with van der Waals surface area (Å²) in [4.78, 5) is 0. The van der Waals surface area contributed by atoms with Gasteiger partial charge in [-0.1, -0.05) is 44.2 Å². The first-order valence-corrected chi connectivity index (χ1v) is 12.4. The lowest BCUT2D eigenvalue weighted by atomic mass is 9.61. The Bertz CT molecular complexity index is 865. The number of hydrogen-bond donors (Lipinski definition) is 1. The zero-order chi connectivity index (χ0) is 26.2. The number of hydrogen-bond acceptors (Lipinski definition) is 1. The number of fused-ring (bicyclic) bond motifs is 1. The van der Waals surface area contributed by atoms with Gasteiger partial charge in [0.1, 0.15) is 6.17 Å². The average molecular weight is 509 g/mol. The predicted molar refractivity (Wildman–Crippen MR) is 122 cm³/mol. The summed E-state index contributed by atoms with van der Waals surface area (Å²) in [6.07, 6.45) is -1.23. The summed E-state index contributed by atoms with van der Waals surface area (Å²) in [6, 6.07) is 0. The highest BCUT2D eigenvalue weighted by Gasteiger charge is 2.68. The van der Waals surface area contributed by atoms with Gasteiger partial charge in [-0.3, -0.25) is 0 Å². The van der Waals surface area contributed by atoms with Crippen molar-refractivity contribution < 1.29 is 35.8 Å². The fourth-order valence-corrected chi connectivity index (χ4v) is 6.59. The summed E-state index contributed by atoms with van der Waals surface area (Å²) in [5.41, 5.74) is -2.18. The van der Waals surface area contributed by atoms with Crippen LogP contribution in [0.3, 0.4) is 0 Å². The van der Waals surface area contributed by atoms with Crippen molar-refractivity contribution >= 4 is 0 Å². The molecule has 3 aliphatic carbocycles. The topological polar surface area (TPSA) is 20.2 Å². The van der Waals surface area contributed by atoms with E-state index >= 15 is 0 Å². The van der Waals surface area contributed by atoms with Crippen molar-refractivity contribution in [1.29, 1.82) is 0 Å². The Morgan fingerprint density at radius 1 is 1.03 bits per heavy atom. The zero-order valence-electron chi connectivity index (χ0n) is 20.3. The molecule has 1 N–H and O–H groups in total. The molecule has 0 aromatic rings. The molecule has 0 aromatic carbocycles. The second kappa shape index (κ2) is 10.1. The van der Waals surface area contributed by atoms with Gasteiger partial charge in [-0.2, -0.15) is 26.3 Å². The van der Waals surface area contributed by atoms with Crippen LogP contribution >= 0.6 is 0 Å². The standard InChI is InChI=1S/C27H35F7O/c1-17(7-5-16-25(35,26(29,30)31)27(32,33)34)21-13-14-22-20(9-6-15-24(21,22)3)12-11-19-8-4-10-23(28)18(19)2/h5,11-12,16-17,21-23,35H,2,4,6-10,13-15H2,1,3H3/b16-5+,19-11-,20-12+/t17-,21+,22?,23-,24+/m0/s1. The number of alkyl halides is 7. The van der Waals surface area contributed by atoms with E-state index in [1.807, 2.05) is 13.0 Å². The molecule has 1 nitrogen and oxygen atoms in total. The van der Waals surface area contributed by atoms with Gasteiger partial charge in [-0.05, 0) is 98.2 Å². The molecule has 3 fully saturated rings. The lowest BCUT2D eigenvalue weighted by molar-refractivity contribution is -0.347. The molecule has 0 amide bonds. The van der Waals surface area contributed by atoms with Crippen LogP contribution in [0.25, 0.3) is 0 Å². The Kier molecular flexibility index (Phi) is 8.05. The monoisotopic (exact) mass is 508 g/mol. The molecule has 3 rings (SSSR count). The van der Waals surface area contributed by atoms with Gasteiger partial charge in [0.25, 0.3) is 5.60 Å². The lowest BCUT2D eigenvalue weighted by Crippen LogP contribution is -2.55. The zero-order valence-corrected chi connectivity index (χ0v) is 20.3. The maximum Gasteiger partial charge on any atom is 0.429 e. The van der Waals surface area contributed by atoms with Gasteiger partial charge in [0, 0.05) is 0 Å². The molecule has 0 aromatic heterocycles. The Labute approximate surface area is 202 Å². The highest BCUT2D eigenvalue weighted by Crippen LogP contribution is 2.60. The lowest BCUT2D eigenvalue weighted by Gasteiger charge is -2.44. The second-order valence-corrected chi connectivity index (χ2v) is 10.8. The van der Waals surface area contributed by atoms with Crippen LogP contribution in [-0.2, 0) is 0 Å². The molecule has 0 radical (unpaired) electrons. The van der Waals surface area contributed by atoms with E-state index in [9.17, 15) is 35.8 Å². The third-order valence-corrected chi connectivity index (χ3v) is 8.65. The molecule has 0 bridgehead atoms. The Hall–Kier alpha value is -1.57. The van der Waals surface area contributed by atoms with E-state index in [0.29, 0.717) is 12.0 Å². The number of halogens is 7. The van der Waals surface area contributed by atoms with Gasteiger partial charge in [0.2, 0.25) is 0 Å². The first-order chi connectivity index (χ1) is 16.1. The Balaban J connectivity index is 1.74. The molecule has 0 saturated heterocycles. The summed E-state index contributed by atoms with van der Waals surface area (Å²) in [5.74, 6) is 0.276. The Morgan fingerprint density at radius 3 is 2.31 bits per heavy atom. The van der Waals surface area contributed by atoms with Crippen LogP contribution in [0.15, 0.2) is 47.6 Å². The minimum absolute atomic E-state index is 0.0161. The van der Waals surface area contributed by atoms with E-state index in [2.05, 4.69) is 19.6 Å². The van der Waals surface area contributed by atoms with Crippen molar-refractivity contribution in [1.82, 2.24) is 0 Å². The fraction of sp³-hybridized carbons (Fsp3) is 0.704. The van der Waals surface area contributed by atoms with Gasteiger partial charge >= 0.3 is 12.4 Å². The van der Waals surface area contributed by atoms with Crippen LogP contribution in [0.4, 0.5) is 30.7 Å². The average Bonchev–Trinajstić information content (AvgIpc) is 3.10. The van der Waals surface area contributed by atoms with Crippen molar-refractivity contribution in [2.75, 3.05) is 0 Å². The van der Waals surface area contributed by atoms with Crippen molar-refractivity contribution in [3.8, 4) is 0 Å². The SMILES string of the molecule is C=C1/C(=C\C=C2/CCC[C@@]3(C)C2CC[C@@H]3[C@@H](C)C/C=C/C(O)(C(F)(F)F)C(F)(F)F)CCC[C@@H]1F. The highest BCUT2D eigenvalue weighted by atomic mass is 19.4. The number of rotatable bonds is 5. The Morgan fingerprint density at radius 2 is 1.69 bits per heavy atom. The third kappa shape index (κ3) is 5.42. The van der Waals surface area contributed by atoms with Crippen LogP contribution in [0.1, 0.15) is 71.6 Å². The quantitative estimate of drug-likeness (QED) is 0.291. The summed E-state index contributed by atoms with van der Waals surface area (Å²) >= 11 is 0. The van der Waals surface area contributed by atoms with E-state index < -0.39 is 24.1 Å². The molecule has 198 valence electrons. The van der Waals surface area contributed by atoms with E-state index in [4.69, 9.17) is 0 Å². The summed E-state index contributed by atoms with van der Waals surface area (Å²) in [5, 5.41) is 9.36. The normalized spacial score (nSPS) is 34.1. The van der Waals surface area contributed by atoms with Crippen molar-refractivity contribution in [2.45, 2.75) is 95.8 Å². The third-order valence-electron chi connectivity index (χ3n) is 8.65. The van der Waals surface area contributed by atoms with E-state index in [0.717, 1.165) is 56.6 Å². The molecule has 5 atom stereocenters. The molecule has 0 heterocycles. The van der Waals surface area contributed by atoms with Gasteiger partial charge in [0.05, 0.1) is 0 Å². The molecular weight excluding hydrogens is 473 g/mol. The fourth-order valence-electron chi connectivity index (χ4n) is 6.59. The van der Waals surface area contributed by atoms with Crippen LogP contribution in [-0.4, -0.2) is 29.2 Å². The second-order valence-electron chi connectivity index (χ2n) is 10.8. The molecule has 8 heteroatoms. The summed E-state index contributed by atoms with van der Waals surface area (Å²) in [7, 11) is 0. The van der Waals surface area contributed by atoms with Crippen LogP contribution in [0.2, 0.25) is 0 Å². The maximum absolute atomic E-state index is 14.0. The van der Waals surface area contributed by atoms with Crippen LogP contribution < -0.4 is 0 Å². The number of allylic oxidation sites excluding steroid dienone is 6. The predicted octanol–water partition coefficient (Wildman–Crippen LogP) is 8.57. The first kappa shape index (κ1) is 28.0. The number of aliphatic hydroxyl groups is 1. The van der Waals surface area contributed by atoms with Crippen molar-refractivity contribution in [2.24, 2.45) is 23.2 Å².